The first-order valence-electron chi connectivity index (χ1n) is 8.25. The van der Waals surface area contributed by atoms with E-state index in [1.807, 2.05) is 74.5 Å². The minimum absolute atomic E-state index is 0.0958. The molecule has 126 valence electrons. The number of benzene rings is 2. The van der Waals surface area contributed by atoms with Gasteiger partial charge in [-0.1, -0.05) is 67.2 Å². The van der Waals surface area contributed by atoms with E-state index in [9.17, 15) is 0 Å². The first-order valence-corrected chi connectivity index (χ1v) is 8.25. The predicted molar refractivity (Wildman–Crippen MR) is 102 cm³/mol. The molecule has 4 heteroatoms. The molecule has 0 saturated heterocycles. The minimum Gasteiger partial charge on any atom is -0.386 e. The fraction of sp³-hybridized carbons (Fsp3) is 0.143. The van der Waals surface area contributed by atoms with E-state index in [1.165, 1.54) is 6.26 Å². The molecule has 0 saturated carbocycles. The number of hydrogen-bond acceptors (Lipinski definition) is 4. The second kappa shape index (κ2) is 7.62. The van der Waals surface area contributed by atoms with Crippen LogP contribution in [-0.2, 0) is 4.84 Å². The number of hydrogen-bond donors (Lipinski definition) is 0. The smallest absolute Gasteiger partial charge is 0.182 e. The molecular formula is C21H21N3O. The molecule has 3 aromatic rings. The van der Waals surface area contributed by atoms with Gasteiger partial charge in [-0.3, -0.25) is 0 Å². The highest BCUT2D eigenvalue weighted by Gasteiger charge is 2.18. The van der Waals surface area contributed by atoms with Gasteiger partial charge in [0.2, 0.25) is 0 Å². The lowest BCUT2D eigenvalue weighted by Gasteiger charge is -2.25. The molecule has 0 atom stereocenters. The van der Waals surface area contributed by atoms with Gasteiger partial charge in [0.1, 0.15) is 6.26 Å². The number of rotatable bonds is 6. The molecule has 0 amide bonds. The van der Waals surface area contributed by atoms with Crippen molar-refractivity contribution in [1.29, 1.82) is 0 Å². The molecule has 2 aromatic carbocycles. The first kappa shape index (κ1) is 16.7. The maximum atomic E-state index is 5.52. The fourth-order valence-electron chi connectivity index (χ4n) is 2.61. The highest BCUT2D eigenvalue weighted by molar-refractivity contribution is 5.78. The molecule has 1 heterocycles. The van der Waals surface area contributed by atoms with Crippen LogP contribution in [0.4, 0.5) is 5.82 Å². The third kappa shape index (κ3) is 3.69. The third-order valence-electron chi connectivity index (χ3n) is 3.74. The van der Waals surface area contributed by atoms with Crippen molar-refractivity contribution in [1.82, 2.24) is 9.97 Å². The molecule has 1 aromatic heterocycles. The van der Waals surface area contributed by atoms with Crippen molar-refractivity contribution in [3.8, 4) is 22.5 Å². The molecule has 0 aliphatic carbocycles. The second-order valence-corrected chi connectivity index (χ2v) is 5.85. The van der Waals surface area contributed by atoms with Crippen LogP contribution >= 0.6 is 0 Å². The van der Waals surface area contributed by atoms with Gasteiger partial charge in [0, 0.05) is 11.1 Å². The number of nitrogens with zero attached hydrogens (tertiary/aromatic N) is 3. The summed E-state index contributed by atoms with van der Waals surface area (Å²) in [5.74, 6) is 0.647. The highest BCUT2D eigenvalue weighted by Crippen LogP contribution is 2.30. The van der Waals surface area contributed by atoms with Crippen molar-refractivity contribution in [2.24, 2.45) is 0 Å². The Bertz CT molecular complexity index is 832. The summed E-state index contributed by atoms with van der Waals surface area (Å²) in [5, 5.41) is 1.70. The average Bonchev–Trinajstić information content (AvgIpc) is 2.67. The SMILES string of the molecule is C=CON(c1cnc(-c2ccccc2)c(-c2ccccc2)n1)C(C)C. The Morgan fingerprint density at radius 2 is 1.48 bits per heavy atom. The normalized spacial score (nSPS) is 10.5. The lowest BCUT2D eigenvalue weighted by molar-refractivity contribution is 0.191. The van der Waals surface area contributed by atoms with Gasteiger partial charge < -0.3 is 4.84 Å². The van der Waals surface area contributed by atoms with E-state index in [0.717, 1.165) is 22.5 Å². The van der Waals surface area contributed by atoms with Crippen molar-refractivity contribution in [2.45, 2.75) is 19.9 Å². The van der Waals surface area contributed by atoms with E-state index in [2.05, 4.69) is 6.58 Å². The van der Waals surface area contributed by atoms with E-state index >= 15 is 0 Å². The molecule has 0 N–H and O–H groups in total. The summed E-state index contributed by atoms with van der Waals surface area (Å²) in [6.07, 6.45) is 3.13. The molecule has 0 aliphatic heterocycles. The molecule has 0 fully saturated rings. The van der Waals surface area contributed by atoms with Gasteiger partial charge in [-0.15, -0.1) is 0 Å². The van der Waals surface area contributed by atoms with Gasteiger partial charge in [-0.05, 0) is 13.8 Å². The van der Waals surface area contributed by atoms with Crippen molar-refractivity contribution in [3.05, 3.63) is 79.7 Å². The van der Waals surface area contributed by atoms with Crippen molar-refractivity contribution >= 4 is 5.82 Å². The average molecular weight is 331 g/mol. The zero-order chi connectivity index (χ0) is 17.6. The Kier molecular flexibility index (Phi) is 5.09. The van der Waals surface area contributed by atoms with Crippen LogP contribution in [0.1, 0.15) is 13.8 Å². The van der Waals surface area contributed by atoms with Crippen LogP contribution in [-0.4, -0.2) is 16.0 Å². The number of anilines is 1. The maximum Gasteiger partial charge on any atom is 0.182 e. The predicted octanol–water partition coefficient (Wildman–Crippen LogP) is 5.10. The Hall–Kier alpha value is -3.14. The monoisotopic (exact) mass is 331 g/mol. The van der Waals surface area contributed by atoms with E-state index in [1.54, 1.807) is 11.3 Å². The van der Waals surface area contributed by atoms with Crippen LogP contribution < -0.4 is 5.06 Å². The highest BCUT2D eigenvalue weighted by atomic mass is 16.7. The number of hydroxylamine groups is 1. The molecule has 0 bridgehead atoms. The topological polar surface area (TPSA) is 38.2 Å². The van der Waals surface area contributed by atoms with Crippen LogP contribution in [0.15, 0.2) is 79.7 Å². The summed E-state index contributed by atoms with van der Waals surface area (Å²) in [5.41, 5.74) is 3.71. The fourth-order valence-corrected chi connectivity index (χ4v) is 2.61. The molecular weight excluding hydrogens is 310 g/mol. The van der Waals surface area contributed by atoms with Crippen molar-refractivity contribution in [3.63, 3.8) is 0 Å². The molecule has 0 spiro atoms. The van der Waals surface area contributed by atoms with Gasteiger partial charge in [0.05, 0.1) is 23.6 Å². The molecule has 0 unspecified atom stereocenters. The van der Waals surface area contributed by atoms with Gasteiger partial charge in [-0.2, -0.15) is 5.06 Å². The van der Waals surface area contributed by atoms with E-state index < -0.39 is 0 Å². The zero-order valence-electron chi connectivity index (χ0n) is 14.5. The Morgan fingerprint density at radius 1 is 0.920 bits per heavy atom. The molecule has 3 rings (SSSR count). The largest absolute Gasteiger partial charge is 0.386 e. The zero-order valence-corrected chi connectivity index (χ0v) is 14.5. The van der Waals surface area contributed by atoms with Crippen LogP contribution in [0.2, 0.25) is 0 Å². The molecule has 0 radical (unpaired) electrons. The van der Waals surface area contributed by atoms with E-state index in [4.69, 9.17) is 14.8 Å². The second-order valence-electron chi connectivity index (χ2n) is 5.85. The summed E-state index contributed by atoms with van der Waals surface area (Å²) >= 11 is 0. The Balaban J connectivity index is 2.16. The van der Waals surface area contributed by atoms with E-state index in [-0.39, 0.29) is 6.04 Å². The van der Waals surface area contributed by atoms with Crippen LogP contribution in [0.5, 0.6) is 0 Å². The van der Waals surface area contributed by atoms with Gasteiger partial charge in [-0.25, -0.2) is 9.97 Å². The maximum absolute atomic E-state index is 5.52. The van der Waals surface area contributed by atoms with E-state index in [0.29, 0.717) is 5.82 Å². The summed E-state index contributed by atoms with van der Waals surface area (Å²) < 4.78 is 0. The number of aromatic nitrogens is 2. The van der Waals surface area contributed by atoms with Crippen LogP contribution in [0.3, 0.4) is 0 Å². The third-order valence-corrected chi connectivity index (χ3v) is 3.74. The summed E-state index contributed by atoms with van der Waals surface area (Å²) in [6, 6.07) is 20.2. The summed E-state index contributed by atoms with van der Waals surface area (Å²) in [6.45, 7) is 7.69. The molecule has 0 aliphatic rings. The summed E-state index contributed by atoms with van der Waals surface area (Å²) in [7, 11) is 0. The van der Waals surface area contributed by atoms with Crippen molar-refractivity contribution < 1.29 is 4.84 Å². The van der Waals surface area contributed by atoms with Gasteiger partial charge in [0.15, 0.2) is 5.82 Å². The van der Waals surface area contributed by atoms with Crippen LogP contribution in [0.25, 0.3) is 22.5 Å². The Morgan fingerprint density at radius 3 is 2.00 bits per heavy atom. The van der Waals surface area contributed by atoms with Gasteiger partial charge >= 0.3 is 0 Å². The quantitative estimate of drug-likeness (QED) is 0.465. The minimum atomic E-state index is 0.0958. The van der Waals surface area contributed by atoms with Crippen LogP contribution in [0, 0.1) is 0 Å². The lowest BCUT2D eigenvalue weighted by Crippen LogP contribution is -2.30. The Labute approximate surface area is 148 Å². The standard InChI is InChI=1S/C21H21N3O/c1-4-25-24(16(2)3)19-15-22-20(17-11-7-5-8-12-17)21(23-19)18-13-9-6-10-14-18/h4-16H,1H2,2-3H3. The molecule has 25 heavy (non-hydrogen) atoms. The lowest BCUT2D eigenvalue weighted by atomic mass is 10.0. The summed E-state index contributed by atoms with van der Waals surface area (Å²) in [4.78, 5) is 15.1. The molecule has 4 nitrogen and oxygen atoms in total. The van der Waals surface area contributed by atoms with Gasteiger partial charge in [0.25, 0.3) is 0 Å². The first-order chi connectivity index (χ1) is 12.2. The van der Waals surface area contributed by atoms with Crippen molar-refractivity contribution in [2.75, 3.05) is 5.06 Å².